The Balaban J connectivity index is 2.25. The SMILES string of the molecule is CCCN(CC1CC1)S(=O)(=O)c1cnc(NCC)c(Cl)c1. The smallest absolute Gasteiger partial charge is 0.244 e. The lowest BCUT2D eigenvalue weighted by Gasteiger charge is -2.21. The first kappa shape index (κ1) is 16.5. The molecule has 1 aliphatic rings. The van der Waals surface area contributed by atoms with Gasteiger partial charge < -0.3 is 5.32 Å². The maximum absolute atomic E-state index is 12.7. The van der Waals surface area contributed by atoms with Gasteiger partial charge >= 0.3 is 0 Å². The lowest BCUT2D eigenvalue weighted by Crippen LogP contribution is -2.33. The monoisotopic (exact) mass is 331 g/mol. The summed E-state index contributed by atoms with van der Waals surface area (Å²) in [5, 5.41) is 3.33. The second-order valence-electron chi connectivity index (χ2n) is 5.34. The zero-order chi connectivity index (χ0) is 15.5. The summed E-state index contributed by atoms with van der Waals surface area (Å²) >= 11 is 6.11. The molecule has 118 valence electrons. The number of aromatic nitrogens is 1. The van der Waals surface area contributed by atoms with E-state index in [2.05, 4.69) is 10.3 Å². The number of halogens is 1. The quantitative estimate of drug-likeness (QED) is 0.795. The third-order valence-corrected chi connectivity index (χ3v) is 5.55. The molecule has 1 aromatic rings. The molecule has 1 N–H and O–H groups in total. The first-order chi connectivity index (χ1) is 9.98. The van der Waals surface area contributed by atoms with E-state index in [9.17, 15) is 8.42 Å². The number of sulfonamides is 1. The largest absolute Gasteiger partial charge is 0.369 e. The van der Waals surface area contributed by atoms with E-state index in [0.29, 0.717) is 36.4 Å². The van der Waals surface area contributed by atoms with Gasteiger partial charge in [0, 0.05) is 25.8 Å². The van der Waals surface area contributed by atoms with Crippen molar-refractivity contribution in [1.29, 1.82) is 0 Å². The van der Waals surface area contributed by atoms with E-state index in [1.54, 1.807) is 4.31 Å². The Labute approximate surface area is 131 Å². The van der Waals surface area contributed by atoms with Gasteiger partial charge in [-0.15, -0.1) is 0 Å². The standard InChI is InChI=1S/C14H22ClN3O2S/c1-3-7-18(10-11-5-6-11)21(19,20)12-8-13(15)14(16-4-2)17-9-12/h8-9,11H,3-7,10H2,1-2H3,(H,16,17). The minimum atomic E-state index is -3.51. The highest BCUT2D eigenvalue weighted by atomic mass is 35.5. The van der Waals surface area contributed by atoms with Gasteiger partial charge in [-0.3, -0.25) is 0 Å². The average Bonchev–Trinajstić information content (AvgIpc) is 3.24. The van der Waals surface area contributed by atoms with E-state index in [1.165, 1.54) is 12.3 Å². The Morgan fingerprint density at radius 3 is 2.67 bits per heavy atom. The van der Waals surface area contributed by atoms with E-state index in [4.69, 9.17) is 11.6 Å². The second kappa shape index (κ2) is 6.94. The fraction of sp³-hybridized carbons (Fsp3) is 0.643. The molecule has 1 fully saturated rings. The highest BCUT2D eigenvalue weighted by molar-refractivity contribution is 7.89. The third kappa shape index (κ3) is 4.08. The summed E-state index contributed by atoms with van der Waals surface area (Å²) in [5.74, 6) is 1.03. The summed E-state index contributed by atoms with van der Waals surface area (Å²) in [7, 11) is -3.51. The molecule has 1 aromatic heterocycles. The van der Waals surface area contributed by atoms with Crippen LogP contribution >= 0.6 is 11.6 Å². The first-order valence-electron chi connectivity index (χ1n) is 7.38. The van der Waals surface area contributed by atoms with Crippen LogP contribution < -0.4 is 5.32 Å². The molecule has 0 aliphatic heterocycles. The molecule has 0 saturated heterocycles. The van der Waals surface area contributed by atoms with Crippen molar-refractivity contribution < 1.29 is 8.42 Å². The summed E-state index contributed by atoms with van der Waals surface area (Å²) in [4.78, 5) is 4.29. The molecule has 0 aromatic carbocycles. The van der Waals surface area contributed by atoms with Crippen LogP contribution in [0.1, 0.15) is 33.1 Å². The van der Waals surface area contributed by atoms with Gasteiger partial charge in [-0.25, -0.2) is 13.4 Å². The Kier molecular flexibility index (Phi) is 5.46. The maximum atomic E-state index is 12.7. The molecule has 2 rings (SSSR count). The fourth-order valence-electron chi connectivity index (χ4n) is 2.16. The van der Waals surface area contributed by atoms with Crippen molar-refractivity contribution in [3.8, 4) is 0 Å². The predicted molar refractivity (Wildman–Crippen MR) is 85.2 cm³/mol. The fourth-order valence-corrected chi connectivity index (χ4v) is 4.03. The molecule has 1 saturated carbocycles. The predicted octanol–water partition coefficient (Wildman–Crippen LogP) is 2.98. The zero-order valence-corrected chi connectivity index (χ0v) is 14.0. The molecule has 0 bridgehead atoms. The van der Waals surface area contributed by atoms with Crippen molar-refractivity contribution in [3.63, 3.8) is 0 Å². The number of pyridine rings is 1. The number of nitrogens with one attached hydrogen (secondary N) is 1. The molecule has 0 unspecified atom stereocenters. The number of anilines is 1. The summed E-state index contributed by atoms with van der Waals surface area (Å²) < 4.78 is 27.0. The Morgan fingerprint density at radius 2 is 2.14 bits per heavy atom. The molecule has 21 heavy (non-hydrogen) atoms. The van der Waals surface area contributed by atoms with Crippen LogP contribution in [0.5, 0.6) is 0 Å². The van der Waals surface area contributed by atoms with E-state index in [1.807, 2.05) is 13.8 Å². The second-order valence-corrected chi connectivity index (χ2v) is 7.68. The molecular formula is C14H22ClN3O2S. The number of rotatable bonds is 8. The molecule has 0 radical (unpaired) electrons. The topological polar surface area (TPSA) is 62.3 Å². The summed E-state index contributed by atoms with van der Waals surface area (Å²) in [6.07, 6.45) is 4.42. The molecule has 5 nitrogen and oxygen atoms in total. The molecular weight excluding hydrogens is 310 g/mol. The van der Waals surface area contributed by atoms with Crippen LogP contribution in [-0.4, -0.2) is 37.3 Å². The number of nitrogens with zero attached hydrogens (tertiary/aromatic N) is 2. The summed E-state index contributed by atoms with van der Waals surface area (Å²) in [6, 6.07) is 1.48. The minimum Gasteiger partial charge on any atom is -0.369 e. The van der Waals surface area contributed by atoms with Gasteiger partial charge in [-0.05, 0) is 38.2 Å². The summed E-state index contributed by atoms with van der Waals surface area (Å²) in [5.41, 5.74) is 0. The van der Waals surface area contributed by atoms with Gasteiger partial charge in [-0.1, -0.05) is 18.5 Å². The third-order valence-electron chi connectivity index (χ3n) is 3.43. The lowest BCUT2D eigenvalue weighted by atomic mass is 10.4. The molecule has 1 heterocycles. The van der Waals surface area contributed by atoms with Crippen molar-refractivity contribution >= 4 is 27.4 Å². The molecule has 0 atom stereocenters. The zero-order valence-electron chi connectivity index (χ0n) is 12.5. The van der Waals surface area contributed by atoms with Crippen LogP contribution in [0.2, 0.25) is 5.02 Å². The van der Waals surface area contributed by atoms with Gasteiger partial charge in [0.05, 0.1) is 5.02 Å². The van der Waals surface area contributed by atoms with Gasteiger partial charge in [0.15, 0.2) is 0 Å². The number of hydrogen-bond acceptors (Lipinski definition) is 4. The van der Waals surface area contributed by atoms with Crippen LogP contribution in [0.3, 0.4) is 0 Å². The molecule has 7 heteroatoms. The maximum Gasteiger partial charge on any atom is 0.244 e. The molecule has 0 spiro atoms. The van der Waals surface area contributed by atoms with Crippen molar-refractivity contribution in [3.05, 3.63) is 17.3 Å². The van der Waals surface area contributed by atoms with E-state index in [0.717, 1.165) is 19.3 Å². The average molecular weight is 332 g/mol. The van der Waals surface area contributed by atoms with Crippen LogP contribution in [0, 0.1) is 5.92 Å². The normalized spacial score (nSPS) is 15.4. The highest BCUT2D eigenvalue weighted by Crippen LogP contribution is 2.32. The Hall–Kier alpha value is -0.850. The van der Waals surface area contributed by atoms with E-state index >= 15 is 0 Å². The van der Waals surface area contributed by atoms with Crippen LogP contribution in [-0.2, 0) is 10.0 Å². The van der Waals surface area contributed by atoms with Crippen LogP contribution in [0.25, 0.3) is 0 Å². The summed E-state index contributed by atoms with van der Waals surface area (Å²) in [6.45, 7) is 5.73. The van der Waals surface area contributed by atoms with Gasteiger partial charge in [0.25, 0.3) is 0 Å². The Bertz CT molecular complexity index is 588. The lowest BCUT2D eigenvalue weighted by molar-refractivity contribution is 0.395. The number of hydrogen-bond donors (Lipinski definition) is 1. The van der Waals surface area contributed by atoms with Gasteiger partial charge in [-0.2, -0.15) is 4.31 Å². The first-order valence-corrected chi connectivity index (χ1v) is 9.20. The van der Waals surface area contributed by atoms with Gasteiger partial charge in [0.1, 0.15) is 10.7 Å². The van der Waals surface area contributed by atoms with Crippen LogP contribution in [0.4, 0.5) is 5.82 Å². The Morgan fingerprint density at radius 1 is 1.43 bits per heavy atom. The van der Waals surface area contributed by atoms with E-state index < -0.39 is 10.0 Å². The van der Waals surface area contributed by atoms with Crippen molar-refractivity contribution in [1.82, 2.24) is 9.29 Å². The van der Waals surface area contributed by atoms with E-state index in [-0.39, 0.29) is 4.90 Å². The van der Waals surface area contributed by atoms with Crippen molar-refractivity contribution in [2.45, 2.75) is 38.0 Å². The molecule has 1 aliphatic carbocycles. The van der Waals surface area contributed by atoms with Crippen molar-refractivity contribution in [2.75, 3.05) is 25.0 Å². The van der Waals surface area contributed by atoms with Gasteiger partial charge in [0.2, 0.25) is 10.0 Å². The van der Waals surface area contributed by atoms with Crippen LogP contribution in [0.15, 0.2) is 17.2 Å². The molecule has 0 amide bonds. The highest BCUT2D eigenvalue weighted by Gasteiger charge is 2.31. The minimum absolute atomic E-state index is 0.170. The van der Waals surface area contributed by atoms with Crippen molar-refractivity contribution in [2.24, 2.45) is 5.92 Å².